The Balaban J connectivity index is 2.75. The van der Waals surface area contributed by atoms with Crippen molar-refractivity contribution in [3.05, 3.63) is 16.3 Å². The van der Waals surface area contributed by atoms with Gasteiger partial charge in [-0.25, -0.2) is 13.1 Å². The van der Waals surface area contributed by atoms with E-state index in [9.17, 15) is 8.42 Å². The van der Waals surface area contributed by atoms with Crippen LogP contribution in [0.2, 0.25) is 0 Å². The van der Waals surface area contributed by atoms with Crippen LogP contribution in [0.15, 0.2) is 16.3 Å². The second kappa shape index (κ2) is 7.54. The highest BCUT2D eigenvalue weighted by Gasteiger charge is 2.20. The van der Waals surface area contributed by atoms with Crippen molar-refractivity contribution in [1.29, 1.82) is 0 Å². The van der Waals surface area contributed by atoms with Gasteiger partial charge in [-0.3, -0.25) is 0 Å². The van der Waals surface area contributed by atoms with Gasteiger partial charge in [0.15, 0.2) is 0 Å². The van der Waals surface area contributed by atoms with Crippen LogP contribution in [0.3, 0.4) is 0 Å². The average molecular weight is 319 g/mol. The molecule has 0 aliphatic heterocycles. The molecule has 116 valence electrons. The van der Waals surface area contributed by atoms with Crippen molar-refractivity contribution in [2.45, 2.75) is 52.1 Å². The maximum atomic E-state index is 12.4. The summed E-state index contributed by atoms with van der Waals surface area (Å²) >= 11 is 1.48. The number of rotatable bonds is 8. The molecule has 6 heteroatoms. The predicted octanol–water partition coefficient (Wildman–Crippen LogP) is 2.82. The van der Waals surface area contributed by atoms with Gasteiger partial charge < -0.3 is 5.32 Å². The van der Waals surface area contributed by atoms with Crippen molar-refractivity contribution in [2.24, 2.45) is 11.8 Å². The molecule has 0 aliphatic carbocycles. The first kappa shape index (κ1) is 17.6. The molecule has 0 amide bonds. The highest BCUT2D eigenvalue weighted by molar-refractivity contribution is 7.89. The summed E-state index contributed by atoms with van der Waals surface area (Å²) in [6.07, 6.45) is 0. The second-order valence-corrected chi connectivity index (χ2v) is 8.55. The molecule has 1 aromatic heterocycles. The average Bonchev–Trinajstić information content (AvgIpc) is 2.82. The van der Waals surface area contributed by atoms with E-state index in [4.69, 9.17) is 0 Å². The van der Waals surface area contributed by atoms with Crippen LogP contribution in [0.4, 0.5) is 0 Å². The topological polar surface area (TPSA) is 58.2 Å². The molecule has 0 aliphatic rings. The number of hydrogen-bond acceptors (Lipinski definition) is 4. The standard InChI is InChI=1S/C14H26N2O2S2/c1-10(2)12(5)8-16-20(17,18)14-6-7-19-13(14)9-15-11(3)4/h6-7,10-12,15-16H,8-9H2,1-5H3. The van der Waals surface area contributed by atoms with Gasteiger partial charge in [-0.15, -0.1) is 11.3 Å². The van der Waals surface area contributed by atoms with E-state index in [0.717, 1.165) is 4.88 Å². The smallest absolute Gasteiger partial charge is 0.241 e. The van der Waals surface area contributed by atoms with Gasteiger partial charge in [0.05, 0.1) is 4.90 Å². The largest absolute Gasteiger partial charge is 0.310 e. The van der Waals surface area contributed by atoms with Crippen LogP contribution in [-0.4, -0.2) is 21.0 Å². The zero-order valence-corrected chi connectivity index (χ0v) is 14.6. The number of hydrogen-bond donors (Lipinski definition) is 2. The Morgan fingerprint density at radius 1 is 1.20 bits per heavy atom. The van der Waals surface area contributed by atoms with E-state index in [1.165, 1.54) is 11.3 Å². The fourth-order valence-electron chi connectivity index (χ4n) is 1.55. The lowest BCUT2D eigenvalue weighted by Gasteiger charge is -2.16. The summed E-state index contributed by atoms with van der Waals surface area (Å²) < 4.78 is 27.4. The van der Waals surface area contributed by atoms with Crippen LogP contribution >= 0.6 is 11.3 Å². The monoisotopic (exact) mass is 318 g/mol. The van der Waals surface area contributed by atoms with Gasteiger partial charge in [-0.2, -0.15) is 0 Å². The summed E-state index contributed by atoms with van der Waals surface area (Å²) in [6.45, 7) is 11.4. The Labute approximate surface area is 127 Å². The summed E-state index contributed by atoms with van der Waals surface area (Å²) in [5.74, 6) is 0.780. The Kier molecular flexibility index (Phi) is 6.64. The molecule has 20 heavy (non-hydrogen) atoms. The highest BCUT2D eigenvalue weighted by Crippen LogP contribution is 2.22. The van der Waals surface area contributed by atoms with E-state index in [1.54, 1.807) is 6.07 Å². The van der Waals surface area contributed by atoms with Crippen molar-refractivity contribution in [3.8, 4) is 0 Å². The van der Waals surface area contributed by atoms with Crippen molar-refractivity contribution in [1.82, 2.24) is 10.0 Å². The molecule has 1 aromatic rings. The van der Waals surface area contributed by atoms with E-state index in [1.807, 2.05) is 19.2 Å². The molecule has 1 heterocycles. The zero-order valence-electron chi connectivity index (χ0n) is 12.9. The van der Waals surface area contributed by atoms with Crippen LogP contribution < -0.4 is 10.0 Å². The summed E-state index contributed by atoms with van der Waals surface area (Å²) in [7, 11) is -3.40. The minimum atomic E-state index is -3.40. The van der Waals surface area contributed by atoms with Crippen LogP contribution in [0.25, 0.3) is 0 Å². The maximum absolute atomic E-state index is 12.4. The molecule has 0 bridgehead atoms. The molecule has 0 spiro atoms. The van der Waals surface area contributed by atoms with Crippen LogP contribution in [-0.2, 0) is 16.6 Å². The van der Waals surface area contributed by atoms with Crippen molar-refractivity contribution >= 4 is 21.4 Å². The fraction of sp³-hybridized carbons (Fsp3) is 0.714. The van der Waals surface area contributed by atoms with E-state index in [-0.39, 0.29) is 0 Å². The van der Waals surface area contributed by atoms with Crippen molar-refractivity contribution in [2.75, 3.05) is 6.54 Å². The minimum Gasteiger partial charge on any atom is -0.310 e. The molecule has 0 saturated carbocycles. The Bertz CT molecular complexity index is 507. The normalized spacial score (nSPS) is 14.2. The van der Waals surface area contributed by atoms with Crippen LogP contribution in [0.5, 0.6) is 0 Å². The van der Waals surface area contributed by atoms with Gasteiger partial charge in [0, 0.05) is 24.0 Å². The van der Waals surface area contributed by atoms with Crippen LogP contribution in [0.1, 0.15) is 39.5 Å². The predicted molar refractivity (Wildman–Crippen MR) is 85.5 cm³/mol. The summed E-state index contributed by atoms with van der Waals surface area (Å²) in [5.41, 5.74) is 0. The van der Waals surface area contributed by atoms with Gasteiger partial charge in [0.1, 0.15) is 0 Å². The molecule has 0 radical (unpaired) electrons. The van der Waals surface area contributed by atoms with E-state index in [0.29, 0.717) is 35.9 Å². The lowest BCUT2D eigenvalue weighted by molar-refractivity contribution is 0.414. The van der Waals surface area contributed by atoms with Crippen molar-refractivity contribution in [3.63, 3.8) is 0 Å². The molecular weight excluding hydrogens is 292 g/mol. The second-order valence-electron chi connectivity index (χ2n) is 5.82. The molecule has 4 nitrogen and oxygen atoms in total. The molecule has 2 N–H and O–H groups in total. The molecule has 1 rings (SSSR count). The van der Waals surface area contributed by atoms with E-state index < -0.39 is 10.0 Å². The molecule has 0 fully saturated rings. The maximum Gasteiger partial charge on any atom is 0.241 e. The molecular formula is C14H26N2O2S2. The Hall–Kier alpha value is -0.430. The Morgan fingerprint density at radius 2 is 1.85 bits per heavy atom. The number of thiophene rings is 1. The zero-order chi connectivity index (χ0) is 15.3. The van der Waals surface area contributed by atoms with Crippen LogP contribution in [0, 0.1) is 11.8 Å². The first-order valence-corrected chi connectivity index (χ1v) is 9.39. The summed E-state index contributed by atoms with van der Waals surface area (Å²) in [5, 5.41) is 5.09. The minimum absolute atomic E-state index is 0.320. The van der Waals surface area contributed by atoms with Gasteiger partial charge in [-0.05, 0) is 23.3 Å². The van der Waals surface area contributed by atoms with Gasteiger partial charge in [0.25, 0.3) is 0 Å². The number of sulfonamides is 1. The lowest BCUT2D eigenvalue weighted by Crippen LogP contribution is -2.31. The molecule has 0 saturated heterocycles. The third-order valence-electron chi connectivity index (χ3n) is 3.40. The number of nitrogens with one attached hydrogen (secondary N) is 2. The highest BCUT2D eigenvalue weighted by atomic mass is 32.2. The molecule has 1 unspecified atom stereocenters. The first-order chi connectivity index (χ1) is 9.24. The quantitative estimate of drug-likeness (QED) is 0.775. The van der Waals surface area contributed by atoms with Gasteiger partial charge in [-0.1, -0.05) is 34.6 Å². The van der Waals surface area contributed by atoms with E-state index in [2.05, 4.69) is 30.8 Å². The third kappa shape index (κ3) is 5.16. The third-order valence-corrected chi connectivity index (χ3v) is 5.96. The summed E-state index contributed by atoms with van der Waals surface area (Å²) in [4.78, 5) is 1.27. The SMILES string of the molecule is CC(C)NCc1sccc1S(=O)(=O)NCC(C)C(C)C. The van der Waals surface area contributed by atoms with Gasteiger partial charge in [0.2, 0.25) is 10.0 Å². The first-order valence-electron chi connectivity index (χ1n) is 7.03. The summed E-state index contributed by atoms with van der Waals surface area (Å²) in [6, 6.07) is 2.02. The molecule has 1 atom stereocenters. The molecule has 0 aromatic carbocycles. The van der Waals surface area contributed by atoms with E-state index >= 15 is 0 Å². The lowest BCUT2D eigenvalue weighted by atomic mass is 9.99. The van der Waals surface area contributed by atoms with Gasteiger partial charge >= 0.3 is 0 Å². The fourth-order valence-corrected chi connectivity index (χ4v) is 4.08. The van der Waals surface area contributed by atoms with Crippen molar-refractivity contribution < 1.29 is 8.42 Å². The Morgan fingerprint density at radius 3 is 2.40 bits per heavy atom.